The molecule has 0 aliphatic heterocycles. The van der Waals surface area contributed by atoms with Crippen LogP contribution in [0.5, 0.6) is 5.75 Å². The molecule has 0 aliphatic rings. The van der Waals surface area contributed by atoms with Crippen molar-refractivity contribution in [1.82, 2.24) is 19.4 Å². The quantitative estimate of drug-likeness (QED) is 0.279. The van der Waals surface area contributed by atoms with E-state index >= 15 is 0 Å². The second-order valence-electron chi connectivity index (χ2n) is 8.10. The number of alkyl halides is 3. The Morgan fingerprint density at radius 1 is 1.21 bits per heavy atom. The molecule has 0 fully saturated rings. The number of rotatable bonds is 10. The average Bonchev–Trinajstić information content (AvgIpc) is 3.56. The highest BCUT2D eigenvalue weighted by Gasteiger charge is 2.38. The molecule has 10 nitrogen and oxygen atoms in total. The molecule has 0 spiro atoms. The number of carbonyl (C=O) groups is 2. The van der Waals surface area contributed by atoms with Gasteiger partial charge in [-0.25, -0.2) is 9.78 Å². The van der Waals surface area contributed by atoms with Crippen molar-refractivity contribution in [2.75, 3.05) is 26.4 Å². The molecule has 14 heteroatoms. The van der Waals surface area contributed by atoms with Crippen LogP contribution in [-0.4, -0.2) is 63.6 Å². The molecular formula is C25H27F3N4O6S. The van der Waals surface area contributed by atoms with Crippen LogP contribution in [0.2, 0.25) is 0 Å². The summed E-state index contributed by atoms with van der Waals surface area (Å²) in [7, 11) is 1.74. The van der Waals surface area contributed by atoms with E-state index in [9.17, 15) is 22.8 Å². The van der Waals surface area contributed by atoms with Gasteiger partial charge in [-0.15, -0.1) is 11.3 Å². The van der Waals surface area contributed by atoms with Gasteiger partial charge >= 0.3 is 12.1 Å². The van der Waals surface area contributed by atoms with Crippen molar-refractivity contribution in [2.24, 2.45) is 7.05 Å². The van der Waals surface area contributed by atoms with Gasteiger partial charge in [0.15, 0.2) is 5.75 Å². The molecule has 3 aromatic heterocycles. The third kappa shape index (κ3) is 7.35. The molecule has 0 saturated carbocycles. The Balaban J connectivity index is 0.000000532. The Kier molecular flexibility index (Phi) is 10.1. The van der Waals surface area contributed by atoms with E-state index < -0.39 is 12.1 Å². The monoisotopic (exact) mass is 568 g/mol. The summed E-state index contributed by atoms with van der Waals surface area (Å²) < 4.78 is 47.4. The second-order valence-corrected chi connectivity index (χ2v) is 9.12. The summed E-state index contributed by atoms with van der Waals surface area (Å²) in [5.41, 5.74) is 0.639. The summed E-state index contributed by atoms with van der Waals surface area (Å²) in [5, 5.41) is 11.4. The summed E-state index contributed by atoms with van der Waals surface area (Å²) in [6, 6.07) is 7.69. The van der Waals surface area contributed by atoms with Gasteiger partial charge in [0.1, 0.15) is 16.9 Å². The van der Waals surface area contributed by atoms with Crippen molar-refractivity contribution in [3.63, 3.8) is 0 Å². The van der Waals surface area contributed by atoms with E-state index in [1.165, 1.54) is 11.3 Å². The zero-order chi connectivity index (χ0) is 28.6. The maximum absolute atomic E-state index is 13.2. The van der Waals surface area contributed by atoms with E-state index in [1.807, 2.05) is 42.0 Å². The highest BCUT2D eigenvalue weighted by Crippen LogP contribution is 2.39. The predicted molar refractivity (Wildman–Crippen MR) is 139 cm³/mol. The van der Waals surface area contributed by atoms with Crippen LogP contribution < -0.4 is 15.6 Å². The maximum Gasteiger partial charge on any atom is 0.490 e. The van der Waals surface area contributed by atoms with Gasteiger partial charge in [0.25, 0.3) is 11.5 Å². The van der Waals surface area contributed by atoms with Gasteiger partial charge in [-0.05, 0) is 19.4 Å². The molecule has 3 heterocycles. The first kappa shape index (κ1) is 29.6. The second kappa shape index (κ2) is 13.2. The number of benzene rings is 1. The number of para-hydroxylation sites is 1. The fraction of sp³-hybridized carbons (Fsp3) is 0.360. The molecular weight excluding hydrogens is 541 g/mol. The first-order valence-corrected chi connectivity index (χ1v) is 12.7. The number of carbonyl (C=O) groups excluding carboxylic acids is 1. The molecule has 0 atom stereocenters. The molecule has 0 bridgehead atoms. The van der Waals surface area contributed by atoms with E-state index in [1.54, 1.807) is 24.1 Å². The lowest BCUT2D eigenvalue weighted by Crippen LogP contribution is -2.25. The fourth-order valence-electron chi connectivity index (χ4n) is 3.63. The van der Waals surface area contributed by atoms with E-state index in [0.29, 0.717) is 35.8 Å². The highest BCUT2D eigenvalue weighted by molar-refractivity contribution is 7.22. The minimum absolute atomic E-state index is 0.180. The van der Waals surface area contributed by atoms with Crippen molar-refractivity contribution < 1.29 is 37.3 Å². The number of nitrogens with one attached hydrogen (secondary N) is 1. The summed E-state index contributed by atoms with van der Waals surface area (Å²) in [4.78, 5) is 39.6. The zero-order valence-electron chi connectivity index (χ0n) is 21.2. The third-order valence-electron chi connectivity index (χ3n) is 5.46. The van der Waals surface area contributed by atoms with Crippen LogP contribution >= 0.6 is 11.3 Å². The van der Waals surface area contributed by atoms with Crippen molar-refractivity contribution >= 4 is 44.2 Å². The van der Waals surface area contributed by atoms with Crippen molar-refractivity contribution in [2.45, 2.75) is 26.1 Å². The molecule has 4 aromatic rings. The molecule has 39 heavy (non-hydrogen) atoms. The van der Waals surface area contributed by atoms with Crippen LogP contribution in [0.15, 0.2) is 47.8 Å². The SMILES string of the molecule is CCOCCOc1c(C(=O)NCCCn2ccnc2)sc2c1c(=O)n(C)c1ccccc21.O=C(O)C(F)(F)F. The lowest BCUT2D eigenvalue weighted by molar-refractivity contribution is -0.192. The average molecular weight is 569 g/mol. The first-order chi connectivity index (χ1) is 18.6. The minimum Gasteiger partial charge on any atom is -0.489 e. The number of aryl methyl sites for hydroxylation is 2. The number of halogens is 3. The number of aliphatic carboxylic acids is 1. The van der Waals surface area contributed by atoms with Crippen LogP contribution in [0, 0.1) is 0 Å². The number of fused-ring (bicyclic) bond motifs is 3. The predicted octanol–water partition coefficient (Wildman–Crippen LogP) is 3.82. The van der Waals surface area contributed by atoms with Crippen molar-refractivity contribution in [3.05, 3.63) is 58.2 Å². The topological polar surface area (TPSA) is 125 Å². The Morgan fingerprint density at radius 2 is 1.92 bits per heavy atom. The minimum atomic E-state index is -5.08. The molecule has 210 valence electrons. The molecule has 0 radical (unpaired) electrons. The van der Waals surface area contributed by atoms with Crippen molar-refractivity contribution in [3.8, 4) is 5.75 Å². The molecule has 4 rings (SSSR count). The van der Waals surface area contributed by atoms with Gasteiger partial charge in [0, 0.05) is 44.5 Å². The third-order valence-corrected chi connectivity index (χ3v) is 6.66. The molecule has 0 aliphatic carbocycles. The smallest absolute Gasteiger partial charge is 0.489 e. The molecule has 0 unspecified atom stereocenters. The van der Waals surface area contributed by atoms with Gasteiger partial charge < -0.3 is 29.0 Å². The van der Waals surface area contributed by atoms with Gasteiger partial charge in [0.2, 0.25) is 0 Å². The van der Waals surface area contributed by atoms with Crippen LogP contribution in [0.1, 0.15) is 23.0 Å². The van der Waals surface area contributed by atoms with Crippen LogP contribution in [-0.2, 0) is 23.1 Å². The molecule has 1 aromatic carbocycles. The van der Waals surface area contributed by atoms with E-state index in [2.05, 4.69) is 10.3 Å². The van der Waals surface area contributed by atoms with Gasteiger partial charge in [-0.3, -0.25) is 9.59 Å². The maximum atomic E-state index is 13.2. The van der Waals surface area contributed by atoms with Crippen LogP contribution in [0.25, 0.3) is 21.0 Å². The number of hydrogen-bond acceptors (Lipinski definition) is 7. The molecule has 1 amide bonds. The summed E-state index contributed by atoms with van der Waals surface area (Å²) in [5.74, 6) is -2.66. The Morgan fingerprint density at radius 3 is 2.56 bits per heavy atom. The lowest BCUT2D eigenvalue weighted by atomic mass is 10.1. The van der Waals surface area contributed by atoms with Gasteiger partial charge in [-0.2, -0.15) is 13.2 Å². The van der Waals surface area contributed by atoms with Gasteiger partial charge in [0.05, 0.1) is 23.2 Å². The van der Waals surface area contributed by atoms with E-state index in [0.717, 1.165) is 28.6 Å². The highest BCUT2D eigenvalue weighted by atomic mass is 32.1. The Bertz CT molecular complexity index is 1480. The number of hydrogen-bond donors (Lipinski definition) is 2. The number of imidazole rings is 1. The van der Waals surface area contributed by atoms with Crippen LogP contribution in [0.4, 0.5) is 13.2 Å². The zero-order valence-corrected chi connectivity index (χ0v) is 22.0. The number of thiophene rings is 1. The van der Waals surface area contributed by atoms with Crippen LogP contribution in [0.3, 0.4) is 0 Å². The van der Waals surface area contributed by atoms with E-state index in [4.69, 9.17) is 19.4 Å². The number of carboxylic acid groups (broad SMARTS) is 1. The number of aromatic nitrogens is 3. The van der Waals surface area contributed by atoms with Gasteiger partial charge in [-0.1, -0.05) is 18.2 Å². The normalized spacial score (nSPS) is 11.3. The number of nitrogens with zero attached hydrogens (tertiary/aromatic N) is 3. The number of carboxylic acids is 1. The summed E-state index contributed by atoms with van der Waals surface area (Å²) in [6.45, 7) is 4.39. The number of ether oxygens (including phenoxy) is 2. The largest absolute Gasteiger partial charge is 0.490 e. The number of pyridine rings is 1. The summed E-state index contributed by atoms with van der Waals surface area (Å²) in [6.07, 6.45) is 1.04. The Labute approximate surface area is 224 Å². The summed E-state index contributed by atoms with van der Waals surface area (Å²) >= 11 is 1.30. The first-order valence-electron chi connectivity index (χ1n) is 11.8. The lowest BCUT2D eigenvalue weighted by Gasteiger charge is -2.10. The molecule has 2 N–H and O–H groups in total. The van der Waals surface area contributed by atoms with E-state index in [-0.39, 0.29) is 18.1 Å². The van der Waals surface area contributed by atoms with Crippen molar-refractivity contribution in [1.29, 1.82) is 0 Å². The molecule has 0 saturated heterocycles. The Hall–Kier alpha value is -3.91. The fourth-order valence-corrected chi connectivity index (χ4v) is 4.82. The number of amides is 1. The standard InChI is InChI=1S/C23H26N4O4S.C2HF3O2/c1-3-30-13-14-31-19-18-20(16-7-4-5-8-17(16)26(2)23(18)29)32-21(19)22(28)25-9-6-11-27-12-10-24-15-27;3-2(4,5)1(6)7/h4-5,7-8,10,12,15H,3,6,9,11,13-14H2,1-2H3,(H,25,28);(H,6,7).